The molecule has 3 rings (SSSR count). The van der Waals surface area contributed by atoms with Crippen molar-refractivity contribution in [3.05, 3.63) is 82.0 Å². The maximum absolute atomic E-state index is 6.02. The first-order valence-corrected chi connectivity index (χ1v) is 10.6. The average Bonchev–Trinajstić information content (AvgIpc) is 2.97. The fourth-order valence-electron chi connectivity index (χ4n) is 3.45. The predicted octanol–water partition coefficient (Wildman–Crippen LogP) is 5.56. The highest BCUT2D eigenvalue weighted by Crippen LogP contribution is 2.30. The molecule has 0 radical (unpaired) electrons. The van der Waals surface area contributed by atoms with Gasteiger partial charge in [0.05, 0.1) is 26.9 Å². The van der Waals surface area contributed by atoms with Crippen molar-refractivity contribution in [1.82, 2.24) is 0 Å². The minimum absolute atomic E-state index is 0.480. The summed E-state index contributed by atoms with van der Waals surface area (Å²) in [6.07, 6.45) is 11.7. The van der Waals surface area contributed by atoms with E-state index in [1.54, 1.807) is 14.2 Å². The van der Waals surface area contributed by atoms with E-state index in [4.69, 9.17) is 18.9 Å². The van der Waals surface area contributed by atoms with Crippen LogP contribution in [0.3, 0.4) is 0 Å². The maximum atomic E-state index is 6.02. The quantitative estimate of drug-likeness (QED) is 0.471. The second kappa shape index (κ2) is 11.5. The molecule has 0 aromatic heterocycles. The number of benzene rings is 2. The van der Waals surface area contributed by atoms with Crippen molar-refractivity contribution in [2.24, 2.45) is 0 Å². The fraction of sp³-hybridized carbons (Fsp3) is 0.333. The molecule has 0 spiro atoms. The summed E-state index contributed by atoms with van der Waals surface area (Å²) >= 11 is 0. The fourth-order valence-corrected chi connectivity index (χ4v) is 3.45. The Balaban J connectivity index is 1.74. The number of rotatable bonds is 10. The molecule has 0 unspecified atom stereocenters. The summed E-state index contributed by atoms with van der Waals surface area (Å²) in [7, 11) is 3.35. The molecule has 31 heavy (non-hydrogen) atoms. The van der Waals surface area contributed by atoms with Crippen molar-refractivity contribution >= 4 is 12.2 Å². The van der Waals surface area contributed by atoms with E-state index in [1.165, 1.54) is 22.3 Å². The van der Waals surface area contributed by atoms with Gasteiger partial charge in [-0.3, -0.25) is 0 Å². The van der Waals surface area contributed by atoms with Crippen LogP contribution in [0.1, 0.15) is 27.8 Å². The van der Waals surface area contributed by atoms with Gasteiger partial charge in [0.1, 0.15) is 18.1 Å². The van der Waals surface area contributed by atoms with Gasteiger partial charge in [-0.15, -0.1) is 0 Å². The van der Waals surface area contributed by atoms with Crippen LogP contribution in [0.5, 0.6) is 11.5 Å². The Morgan fingerprint density at radius 2 is 1.71 bits per heavy atom. The minimum Gasteiger partial charge on any atom is -0.496 e. The summed E-state index contributed by atoms with van der Waals surface area (Å²) in [4.78, 5) is 0. The van der Waals surface area contributed by atoms with Gasteiger partial charge >= 0.3 is 0 Å². The van der Waals surface area contributed by atoms with Gasteiger partial charge in [0, 0.05) is 12.7 Å². The van der Waals surface area contributed by atoms with Crippen LogP contribution in [0.25, 0.3) is 12.2 Å². The van der Waals surface area contributed by atoms with Crippen LogP contribution >= 0.6 is 0 Å². The Labute approximate surface area is 185 Å². The number of fused-ring (bicyclic) bond motifs is 1. The highest BCUT2D eigenvalue weighted by molar-refractivity contribution is 5.67. The first kappa shape index (κ1) is 22.9. The van der Waals surface area contributed by atoms with Gasteiger partial charge in [0.2, 0.25) is 0 Å². The molecular weight excluding hydrogens is 388 g/mol. The third kappa shape index (κ3) is 6.58. The molecule has 2 aromatic rings. The highest BCUT2D eigenvalue weighted by atomic mass is 16.5. The van der Waals surface area contributed by atoms with Crippen LogP contribution in [-0.4, -0.2) is 40.6 Å². The standard InChI is InChI=1S/C27H32O4/c1-20-5-9-23-10-6-22(7-11-24(23)17-20)8-12-25-19-26(29-4)21(2)18-27(25)31-16-15-30-14-13-28-3/h5-9,11-12,17-19H,10,13-16H2,1-4H3/b12-8+. The molecular formula is C27H32O4. The topological polar surface area (TPSA) is 36.9 Å². The van der Waals surface area contributed by atoms with Crippen molar-refractivity contribution in [3.63, 3.8) is 0 Å². The molecule has 164 valence electrons. The zero-order chi connectivity index (χ0) is 22.1. The molecule has 1 aliphatic rings. The lowest BCUT2D eigenvalue weighted by atomic mass is 10.0. The number of methoxy groups -OCH3 is 2. The van der Waals surface area contributed by atoms with E-state index >= 15 is 0 Å². The Hall–Kier alpha value is -2.82. The third-order valence-corrected chi connectivity index (χ3v) is 5.21. The van der Waals surface area contributed by atoms with Crippen LogP contribution in [0, 0.1) is 13.8 Å². The van der Waals surface area contributed by atoms with Crippen LogP contribution in [0.4, 0.5) is 0 Å². The molecule has 0 heterocycles. The number of aryl methyl sites for hydroxylation is 2. The molecule has 0 N–H and O–H groups in total. The lowest BCUT2D eigenvalue weighted by Gasteiger charge is -2.13. The molecule has 1 aliphatic carbocycles. The van der Waals surface area contributed by atoms with Crippen LogP contribution in [0.2, 0.25) is 0 Å². The first-order valence-electron chi connectivity index (χ1n) is 10.6. The largest absolute Gasteiger partial charge is 0.496 e. The second-order valence-electron chi connectivity index (χ2n) is 7.59. The molecule has 0 fully saturated rings. The molecule has 4 nitrogen and oxygen atoms in total. The summed E-state index contributed by atoms with van der Waals surface area (Å²) in [5.74, 6) is 1.67. The number of ether oxygens (including phenoxy) is 4. The van der Waals surface area contributed by atoms with E-state index in [0.29, 0.717) is 26.4 Å². The van der Waals surface area contributed by atoms with E-state index < -0.39 is 0 Å². The Morgan fingerprint density at radius 3 is 2.52 bits per heavy atom. The molecule has 0 aliphatic heterocycles. The smallest absolute Gasteiger partial charge is 0.127 e. The second-order valence-corrected chi connectivity index (χ2v) is 7.59. The molecule has 0 saturated carbocycles. The number of hydrogen-bond acceptors (Lipinski definition) is 4. The Morgan fingerprint density at radius 1 is 0.871 bits per heavy atom. The number of allylic oxidation sites excluding steroid dienone is 4. The molecule has 2 aromatic carbocycles. The average molecular weight is 421 g/mol. The van der Waals surface area contributed by atoms with E-state index in [1.807, 2.05) is 19.1 Å². The van der Waals surface area contributed by atoms with E-state index in [9.17, 15) is 0 Å². The molecule has 4 heteroatoms. The zero-order valence-electron chi connectivity index (χ0n) is 18.9. The van der Waals surface area contributed by atoms with Crippen molar-refractivity contribution in [2.45, 2.75) is 20.3 Å². The first-order chi connectivity index (χ1) is 15.1. The van der Waals surface area contributed by atoms with Gasteiger partial charge in [-0.2, -0.15) is 0 Å². The summed E-state index contributed by atoms with van der Waals surface area (Å²) < 4.78 is 22.0. The summed E-state index contributed by atoms with van der Waals surface area (Å²) in [6, 6.07) is 10.7. The zero-order valence-corrected chi connectivity index (χ0v) is 18.9. The van der Waals surface area contributed by atoms with Gasteiger partial charge in [-0.05, 0) is 54.7 Å². The lowest BCUT2D eigenvalue weighted by molar-refractivity contribution is 0.0544. The predicted molar refractivity (Wildman–Crippen MR) is 127 cm³/mol. The van der Waals surface area contributed by atoms with Gasteiger partial charge in [-0.1, -0.05) is 54.1 Å². The normalized spacial score (nSPS) is 13.1. The van der Waals surface area contributed by atoms with Gasteiger partial charge in [0.25, 0.3) is 0 Å². The Bertz CT molecular complexity index is 969. The van der Waals surface area contributed by atoms with Crippen LogP contribution in [-0.2, 0) is 15.9 Å². The molecule has 0 amide bonds. The van der Waals surface area contributed by atoms with Crippen molar-refractivity contribution < 1.29 is 18.9 Å². The van der Waals surface area contributed by atoms with Crippen molar-refractivity contribution in [2.75, 3.05) is 40.6 Å². The third-order valence-electron chi connectivity index (χ3n) is 5.21. The summed E-state index contributed by atoms with van der Waals surface area (Å²) in [5.41, 5.74) is 7.10. The van der Waals surface area contributed by atoms with Gasteiger partial charge in [-0.25, -0.2) is 0 Å². The molecule has 0 saturated heterocycles. The van der Waals surface area contributed by atoms with Crippen LogP contribution < -0.4 is 9.47 Å². The molecule has 0 bridgehead atoms. The SMILES string of the molecule is COCCOCCOc1cc(C)c(OC)cc1/C=C/C1=CCc2ccc(C)cc2C=C1. The summed E-state index contributed by atoms with van der Waals surface area (Å²) in [5, 5.41) is 0. The van der Waals surface area contributed by atoms with Crippen molar-refractivity contribution in [3.8, 4) is 11.5 Å². The highest BCUT2D eigenvalue weighted by Gasteiger charge is 2.08. The van der Waals surface area contributed by atoms with E-state index in [0.717, 1.165) is 29.0 Å². The molecule has 0 atom stereocenters. The minimum atomic E-state index is 0.480. The van der Waals surface area contributed by atoms with E-state index in [2.05, 4.69) is 55.5 Å². The summed E-state index contributed by atoms with van der Waals surface area (Å²) in [6.45, 7) is 6.29. The van der Waals surface area contributed by atoms with Crippen molar-refractivity contribution in [1.29, 1.82) is 0 Å². The van der Waals surface area contributed by atoms with Gasteiger partial charge in [0.15, 0.2) is 0 Å². The lowest BCUT2D eigenvalue weighted by Crippen LogP contribution is -2.10. The van der Waals surface area contributed by atoms with Crippen LogP contribution in [0.15, 0.2) is 54.1 Å². The monoisotopic (exact) mass is 420 g/mol. The number of hydrogen-bond donors (Lipinski definition) is 0. The maximum Gasteiger partial charge on any atom is 0.127 e. The van der Waals surface area contributed by atoms with Gasteiger partial charge < -0.3 is 18.9 Å². The van der Waals surface area contributed by atoms with E-state index in [-0.39, 0.29) is 0 Å². The Kier molecular flexibility index (Phi) is 8.51.